The van der Waals surface area contributed by atoms with E-state index in [1.807, 2.05) is 20.8 Å². The number of hydrogen-bond acceptors (Lipinski definition) is 4. The van der Waals surface area contributed by atoms with E-state index in [4.69, 9.17) is 4.74 Å². The Hall–Kier alpha value is -1.31. The molecule has 2 bridgehead atoms. The summed E-state index contributed by atoms with van der Waals surface area (Å²) in [5.41, 5.74) is -3.84. The summed E-state index contributed by atoms with van der Waals surface area (Å²) in [5.74, 6) is -1.83. The SMILES string of the molecule is C.C.C.C.CCC(C)(C(=O)OC(CC(C)(O)C(F)(F)F)C1CCCCC1)C1C2CC(C(=O)O)C(C2)C1C. The zero-order valence-electron chi connectivity index (χ0n) is 20.2. The monoisotopic (exact) mass is 540 g/mol. The van der Waals surface area contributed by atoms with Gasteiger partial charge in [0, 0.05) is 6.42 Å². The maximum absolute atomic E-state index is 13.6. The Balaban J connectivity index is 0. The second-order valence-electron chi connectivity index (χ2n) is 11.3. The molecule has 2 N–H and O–H groups in total. The fourth-order valence-electron chi connectivity index (χ4n) is 7.17. The van der Waals surface area contributed by atoms with Crippen molar-refractivity contribution in [3.63, 3.8) is 0 Å². The summed E-state index contributed by atoms with van der Waals surface area (Å²) in [6, 6.07) is 0. The topological polar surface area (TPSA) is 83.8 Å². The molecule has 0 aromatic carbocycles. The molecule has 0 radical (unpaired) electrons. The standard InChI is InChI=1S/C25H39F3O5.4CH4/c1-5-23(3,20-14(2)17-11-16(20)12-18(17)21(29)30)22(31)33-19(15-9-7-6-8-10-15)13-24(4,32)25(26,27)28;;;;/h14-20,32H,5-13H2,1-4H3,(H,29,30);4*1H4. The fourth-order valence-corrected chi connectivity index (χ4v) is 7.17. The molecular formula is C29H55F3O5. The number of aliphatic hydroxyl groups is 1. The minimum atomic E-state index is -4.81. The van der Waals surface area contributed by atoms with Crippen LogP contribution >= 0.6 is 0 Å². The van der Waals surface area contributed by atoms with Crippen molar-refractivity contribution in [2.75, 3.05) is 0 Å². The second kappa shape index (κ2) is 13.7. The number of esters is 1. The Morgan fingerprint density at radius 3 is 1.97 bits per heavy atom. The summed E-state index contributed by atoms with van der Waals surface area (Å²) in [6.45, 7) is 6.46. The van der Waals surface area contributed by atoms with E-state index in [-0.39, 0.29) is 59.3 Å². The number of carboxylic acids is 1. The van der Waals surface area contributed by atoms with Crippen molar-refractivity contribution in [3.8, 4) is 0 Å². The number of carbonyl (C=O) groups is 2. The van der Waals surface area contributed by atoms with E-state index >= 15 is 0 Å². The van der Waals surface area contributed by atoms with Crippen molar-refractivity contribution in [3.05, 3.63) is 0 Å². The van der Waals surface area contributed by atoms with Gasteiger partial charge in [-0.2, -0.15) is 13.2 Å². The van der Waals surface area contributed by atoms with Gasteiger partial charge in [0.25, 0.3) is 0 Å². The van der Waals surface area contributed by atoms with Gasteiger partial charge in [-0.25, -0.2) is 0 Å². The molecule has 8 unspecified atom stereocenters. The van der Waals surface area contributed by atoms with Gasteiger partial charge >= 0.3 is 18.1 Å². The molecule has 0 aliphatic heterocycles. The lowest BCUT2D eigenvalue weighted by molar-refractivity contribution is -0.264. The smallest absolute Gasteiger partial charge is 0.417 e. The largest absolute Gasteiger partial charge is 0.481 e. The molecule has 0 amide bonds. The number of carboxylic acid groups (broad SMARTS) is 1. The number of rotatable bonds is 8. The number of fused-ring (bicyclic) bond motifs is 2. The zero-order chi connectivity index (χ0) is 24.8. The second-order valence-corrected chi connectivity index (χ2v) is 11.3. The number of hydrogen-bond donors (Lipinski definition) is 2. The van der Waals surface area contributed by atoms with Crippen LogP contribution in [0.2, 0.25) is 0 Å². The van der Waals surface area contributed by atoms with Gasteiger partial charge in [-0.1, -0.05) is 62.8 Å². The molecule has 3 rings (SSSR count). The predicted molar refractivity (Wildman–Crippen MR) is 143 cm³/mol. The average molecular weight is 541 g/mol. The highest BCUT2D eigenvalue weighted by molar-refractivity contribution is 5.77. The molecule has 0 saturated heterocycles. The average Bonchev–Trinajstić information content (AvgIpc) is 3.31. The van der Waals surface area contributed by atoms with Gasteiger partial charge in [0.1, 0.15) is 6.10 Å². The highest BCUT2D eigenvalue weighted by Gasteiger charge is 2.60. The van der Waals surface area contributed by atoms with Gasteiger partial charge in [0.05, 0.1) is 11.3 Å². The molecule has 3 aliphatic rings. The lowest BCUT2D eigenvalue weighted by Gasteiger charge is -2.44. The molecule has 3 saturated carbocycles. The van der Waals surface area contributed by atoms with E-state index in [1.165, 1.54) is 0 Å². The number of halogens is 3. The van der Waals surface area contributed by atoms with Crippen LogP contribution in [0.15, 0.2) is 0 Å². The van der Waals surface area contributed by atoms with E-state index < -0.39 is 47.6 Å². The van der Waals surface area contributed by atoms with Crippen molar-refractivity contribution in [2.24, 2.45) is 40.9 Å². The zero-order valence-corrected chi connectivity index (χ0v) is 20.2. The van der Waals surface area contributed by atoms with Crippen LogP contribution in [0.3, 0.4) is 0 Å². The van der Waals surface area contributed by atoms with Crippen molar-refractivity contribution < 1.29 is 37.7 Å². The summed E-state index contributed by atoms with van der Waals surface area (Å²) in [7, 11) is 0. The first kappa shape index (κ1) is 37.8. The Labute approximate surface area is 223 Å². The quantitative estimate of drug-likeness (QED) is 0.304. The number of alkyl halides is 3. The third-order valence-corrected chi connectivity index (χ3v) is 9.30. The van der Waals surface area contributed by atoms with Crippen LogP contribution in [-0.2, 0) is 14.3 Å². The lowest BCUT2D eigenvalue weighted by Crippen LogP contribution is -2.50. The Morgan fingerprint density at radius 2 is 1.54 bits per heavy atom. The first-order chi connectivity index (χ1) is 15.2. The maximum Gasteiger partial charge on any atom is 0.417 e. The van der Waals surface area contributed by atoms with Crippen LogP contribution in [0.5, 0.6) is 0 Å². The Kier molecular flexibility index (Phi) is 14.0. The molecule has 8 atom stereocenters. The van der Waals surface area contributed by atoms with Crippen molar-refractivity contribution in [2.45, 2.75) is 133 Å². The van der Waals surface area contributed by atoms with Gasteiger partial charge in [0.2, 0.25) is 0 Å². The predicted octanol–water partition coefficient (Wildman–Crippen LogP) is 8.14. The molecular weight excluding hydrogens is 485 g/mol. The normalized spacial score (nSPS) is 31.2. The molecule has 0 aromatic rings. The Morgan fingerprint density at radius 1 is 1.00 bits per heavy atom. The van der Waals surface area contributed by atoms with Crippen molar-refractivity contribution in [1.29, 1.82) is 0 Å². The molecule has 0 aromatic heterocycles. The third kappa shape index (κ3) is 7.21. The molecule has 37 heavy (non-hydrogen) atoms. The van der Waals surface area contributed by atoms with Crippen LogP contribution in [0.4, 0.5) is 13.2 Å². The van der Waals surface area contributed by atoms with Crippen molar-refractivity contribution in [1.82, 2.24) is 0 Å². The molecule has 3 fully saturated rings. The van der Waals surface area contributed by atoms with E-state index in [2.05, 4.69) is 0 Å². The van der Waals surface area contributed by atoms with Gasteiger partial charge in [-0.3, -0.25) is 9.59 Å². The molecule has 8 heteroatoms. The lowest BCUT2D eigenvalue weighted by atomic mass is 9.62. The molecule has 0 spiro atoms. The van der Waals surface area contributed by atoms with Gasteiger partial charge < -0.3 is 14.9 Å². The Bertz CT molecular complexity index is 730. The molecule has 5 nitrogen and oxygen atoms in total. The minimum absolute atomic E-state index is 0. The number of ether oxygens (including phenoxy) is 1. The summed E-state index contributed by atoms with van der Waals surface area (Å²) >= 11 is 0. The van der Waals surface area contributed by atoms with E-state index in [9.17, 15) is 33.0 Å². The van der Waals surface area contributed by atoms with Gasteiger partial charge in [-0.15, -0.1) is 0 Å². The molecule has 3 aliphatic carbocycles. The first-order valence-electron chi connectivity index (χ1n) is 12.5. The molecule has 0 heterocycles. The summed E-state index contributed by atoms with van der Waals surface area (Å²) in [4.78, 5) is 25.2. The van der Waals surface area contributed by atoms with Crippen molar-refractivity contribution >= 4 is 11.9 Å². The van der Waals surface area contributed by atoms with Crippen LogP contribution in [0.25, 0.3) is 0 Å². The highest BCUT2D eigenvalue weighted by Crippen LogP contribution is 2.61. The molecule has 222 valence electrons. The van der Waals surface area contributed by atoms with E-state index in [1.54, 1.807) is 0 Å². The van der Waals surface area contributed by atoms with Gasteiger partial charge in [0.15, 0.2) is 5.60 Å². The minimum Gasteiger partial charge on any atom is -0.481 e. The number of aliphatic carboxylic acids is 1. The van der Waals surface area contributed by atoms with Crippen LogP contribution in [-0.4, -0.2) is 40.0 Å². The van der Waals surface area contributed by atoms with E-state index in [0.717, 1.165) is 32.6 Å². The summed E-state index contributed by atoms with van der Waals surface area (Å²) in [6.07, 6.45) is -0.601. The number of carbonyl (C=O) groups excluding carboxylic acids is 1. The fraction of sp³-hybridized carbons (Fsp3) is 0.931. The van der Waals surface area contributed by atoms with Gasteiger partial charge in [-0.05, 0) is 75.5 Å². The van der Waals surface area contributed by atoms with Crippen LogP contribution < -0.4 is 0 Å². The summed E-state index contributed by atoms with van der Waals surface area (Å²) in [5, 5.41) is 19.7. The summed E-state index contributed by atoms with van der Waals surface area (Å²) < 4.78 is 46.3. The first-order valence-corrected chi connectivity index (χ1v) is 12.5. The maximum atomic E-state index is 13.6. The highest BCUT2D eigenvalue weighted by atomic mass is 19.4. The van der Waals surface area contributed by atoms with Crippen LogP contribution in [0.1, 0.15) is 115 Å². The third-order valence-electron chi connectivity index (χ3n) is 9.30. The van der Waals surface area contributed by atoms with Crippen LogP contribution in [0, 0.1) is 40.9 Å². The van der Waals surface area contributed by atoms with E-state index in [0.29, 0.717) is 25.7 Å².